The van der Waals surface area contributed by atoms with Gasteiger partial charge in [-0.2, -0.15) is 0 Å². The lowest BCUT2D eigenvalue weighted by atomic mass is 9.82. The van der Waals surface area contributed by atoms with Gasteiger partial charge in [0.15, 0.2) is 0 Å². The lowest BCUT2D eigenvalue weighted by molar-refractivity contribution is 0.121. The Bertz CT molecular complexity index is 359. The molecule has 1 aromatic carbocycles. The number of hydrogen-bond acceptors (Lipinski definition) is 1. The van der Waals surface area contributed by atoms with E-state index in [-0.39, 0.29) is 12.4 Å². The van der Waals surface area contributed by atoms with Crippen LogP contribution in [0.1, 0.15) is 25.3 Å². The van der Waals surface area contributed by atoms with Gasteiger partial charge in [-0.25, -0.2) is 4.39 Å². The van der Waals surface area contributed by atoms with Crippen molar-refractivity contribution in [3.63, 3.8) is 0 Å². The van der Waals surface area contributed by atoms with Crippen LogP contribution in [0.4, 0.5) is 4.39 Å². The second kappa shape index (κ2) is 5.35. The highest BCUT2D eigenvalue weighted by atomic mass is 35.5. The fourth-order valence-electron chi connectivity index (χ4n) is 2.12. The van der Waals surface area contributed by atoms with Crippen LogP contribution < -0.4 is 5.32 Å². The molecule has 1 N–H and O–H groups in total. The van der Waals surface area contributed by atoms with Crippen molar-refractivity contribution < 1.29 is 4.39 Å². The van der Waals surface area contributed by atoms with Gasteiger partial charge >= 0.3 is 0 Å². The Labute approximate surface area is 107 Å². The first kappa shape index (κ1) is 13.8. The fourth-order valence-corrected chi connectivity index (χ4v) is 2.31. The maximum Gasteiger partial charge on any atom is 0.122 e. The van der Waals surface area contributed by atoms with Crippen molar-refractivity contribution in [3.8, 4) is 0 Å². The van der Waals surface area contributed by atoms with Crippen molar-refractivity contribution in [2.24, 2.45) is 0 Å². The molecule has 2 rings (SSSR count). The molecule has 0 spiro atoms. The van der Waals surface area contributed by atoms with Crippen molar-refractivity contribution in [1.82, 2.24) is 5.32 Å². The summed E-state index contributed by atoms with van der Waals surface area (Å²) in [5.41, 5.74) is 0.352. The largest absolute Gasteiger partial charge is 0.305 e. The zero-order valence-electron chi connectivity index (χ0n) is 9.17. The molecule has 1 heterocycles. The summed E-state index contributed by atoms with van der Waals surface area (Å²) >= 11 is 5.92. The Kier molecular flexibility index (Phi) is 4.60. The summed E-state index contributed by atoms with van der Waals surface area (Å²) in [6.45, 7) is 2.77. The van der Waals surface area contributed by atoms with Crippen LogP contribution >= 0.6 is 24.0 Å². The summed E-state index contributed by atoms with van der Waals surface area (Å²) < 4.78 is 13.9. The molecule has 0 aromatic heterocycles. The predicted octanol–water partition coefficient (Wildman–Crippen LogP) is 3.70. The van der Waals surface area contributed by atoms with Gasteiger partial charge in [-0.3, -0.25) is 0 Å². The maximum atomic E-state index is 13.9. The third-order valence-electron chi connectivity index (χ3n) is 3.18. The van der Waals surface area contributed by atoms with E-state index in [0.29, 0.717) is 11.4 Å². The van der Waals surface area contributed by atoms with Crippen molar-refractivity contribution in [3.05, 3.63) is 34.9 Å². The molecular formula is C12H16Cl2FN. The Balaban J connectivity index is 0.00000128. The topological polar surface area (TPSA) is 12.0 Å². The van der Waals surface area contributed by atoms with Crippen molar-refractivity contribution in [1.29, 1.82) is 0 Å². The van der Waals surface area contributed by atoms with Crippen LogP contribution in [0.2, 0.25) is 5.02 Å². The molecule has 0 radical (unpaired) electrons. The molecule has 90 valence electrons. The van der Waals surface area contributed by atoms with Gasteiger partial charge in [0.2, 0.25) is 0 Å². The highest BCUT2D eigenvalue weighted by molar-refractivity contribution is 6.30. The summed E-state index contributed by atoms with van der Waals surface area (Å²) in [6, 6.07) is 7.44. The Morgan fingerprint density at radius 3 is 2.88 bits per heavy atom. The maximum absolute atomic E-state index is 13.9. The van der Waals surface area contributed by atoms with Crippen LogP contribution in [0, 0.1) is 0 Å². The van der Waals surface area contributed by atoms with E-state index in [2.05, 4.69) is 5.32 Å². The van der Waals surface area contributed by atoms with E-state index in [9.17, 15) is 4.39 Å². The highest BCUT2D eigenvalue weighted by Crippen LogP contribution is 2.33. The Morgan fingerprint density at radius 1 is 1.50 bits per heavy atom. The summed E-state index contributed by atoms with van der Waals surface area (Å²) in [4.78, 5) is 0. The lowest BCUT2D eigenvalue weighted by Crippen LogP contribution is -2.51. The minimum Gasteiger partial charge on any atom is -0.305 e. The number of piperidine rings is 1. The standard InChI is InChI=1S/C12H15ClFN.ClH/c1-12(11(14)6-3-7-15-12)9-4-2-5-10(13)8-9;/h2,4-5,8,11,15H,3,6-7H2,1H3;1H. The molecule has 1 nitrogen and oxygen atoms in total. The van der Waals surface area contributed by atoms with Gasteiger partial charge in [0.25, 0.3) is 0 Å². The summed E-state index contributed by atoms with van der Waals surface area (Å²) in [5, 5.41) is 3.92. The van der Waals surface area contributed by atoms with E-state index in [1.807, 2.05) is 31.2 Å². The smallest absolute Gasteiger partial charge is 0.122 e. The lowest BCUT2D eigenvalue weighted by Gasteiger charge is -2.38. The van der Waals surface area contributed by atoms with Crippen LogP contribution in [0.3, 0.4) is 0 Å². The molecule has 1 aliphatic rings. The van der Waals surface area contributed by atoms with E-state index in [1.165, 1.54) is 0 Å². The number of benzene rings is 1. The second-order valence-corrected chi connectivity index (χ2v) is 4.69. The van der Waals surface area contributed by atoms with Crippen molar-refractivity contribution in [2.45, 2.75) is 31.5 Å². The van der Waals surface area contributed by atoms with E-state index in [0.717, 1.165) is 18.5 Å². The molecule has 0 bridgehead atoms. The van der Waals surface area contributed by atoms with Crippen LogP contribution in [-0.2, 0) is 5.54 Å². The zero-order valence-corrected chi connectivity index (χ0v) is 10.7. The minimum absolute atomic E-state index is 0. The normalized spacial score (nSPS) is 29.6. The predicted molar refractivity (Wildman–Crippen MR) is 68.2 cm³/mol. The molecule has 0 amide bonds. The fraction of sp³-hybridized carbons (Fsp3) is 0.500. The molecule has 0 aliphatic carbocycles. The second-order valence-electron chi connectivity index (χ2n) is 4.25. The Hall–Kier alpha value is -0.310. The molecule has 16 heavy (non-hydrogen) atoms. The first-order chi connectivity index (χ1) is 7.13. The van der Waals surface area contributed by atoms with E-state index >= 15 is 0 Å². The molecule has 2 atom stereocenters. The number of halogens is 3. The number of rotatable bonds is 1. The average molecular weight is 264 g/mol. The minimum atomic E-state index is -0.843. The van der Waals surface area contributed by atoms with E-state index in [1.54, 1.807) is 0 Å². The van der Waals surface area contributed by atoms with Gasteiger partial charge in [-0.1, -0.05) is 23.7 Å². The molecular weight excluding hydrogens is 248 g/mol. The molecule has 1 aliphatic heterocycles. The molecule has 1 aromatic rings. The van der Waals surface area contributed by atoms with Crippen molar-refractivity contribution in [2.75, 3.05) is 6.54 Å². The van der Waals surface area contributed by atoms with Gasteiger partial charge in [-0.15, -0.1) is 12.4 Å². The first-order valence-electron chi connectivity index (χ1n) is 5.28. The third kappa shape index (κ3) is 2.50. The van der Waals surface area contributed by atoms with E-state index < -0.39 is 11.7 Å². The number of alkyl halides is 1. The van der Waals surface area contributed by atoms with E-state index in [4.69, 9.17) is 11.6 Å². The van der Waals surface area contributed by atoms with Gasteiger partial charge in [0.1, 0.15) is 6.17 Å². The zero-order chi connectivity index (χ0) is 10.9. The third-order valence-corrected chi connectivity index (χ3v) is 3.41. The van der Waals surface area contributed by atoms with Gasteiger partial charge in [0, 0.05) is 5.02 Å². The summed E-state index contributed by atoms with van der Waals surface area (Å²) in [7, 11) is 0. The highest BCUT2D eigenvalue weighted by Gasteiger charge is 2.38. The monoisotopic (exact) mass is 263 g/mol. The molecule has 0 saturated carbocycles. The molecule has 4 heteroatoms. The molecule has 2 unspecified atom stereocenters. The van der Waals surface area contributed by atoms with Crippen LogP contribution in [0.15, 0.2) is 24.3 Å². The molecule has 1 saturated heterocycles. The van der Waals surface area contributed by atoms with Gasteiger partial charge < -0.3 is 5.32 Å². The molecule has 1 fully saturated rings. The van der Waals surface area contributed by atoms with Gasteiger partial charge in [0.05, 0.1) is 5.54 Å². The van der Waals surface area contributed by atoms with Crippen LogP contribution in [0.5, 0.6) is 0 Å². The quantitative estimate of drug-likeness (QED) is 0.815. The SMILES string of the molecule is CC1(c2cccc(Cl)c2)NCCCC1F.Cl. The Morgan fingerprint density at radius 2 is 2.25 bits per heavy atom. The summed E-state index contributed by atoms with van der Waals surface area (Å²) in [6.07, 6.45) is 0.678. The first-order valence-corrected chi connectivity index (χ1v) is 5.66. The van der Waals surface area contributed by atoms with Crippen molar-refractivity contribution >= 4 is 24.0 Å². The van der Waals surface area contributed by atoms with Crippen LogP contribution in [-0.4, -0.2) is 12.7 Å². The van der Waals surface area contributed by atoms with Crippen LogP contribution in [0.25, 0.3) is 0 Å². The number of hydrogen-bond donors (Lipinski definition) is 1. The average Bonchev–Trinajstić information content (AvgIpc) is 2.23. The van der Waals surface area contributed by atoms with Gasteiger partial charge in [-0.05, 0) is 44.0 Å². The summed E-state index contributed by atoms with van der Waals surface area (Å²) in [5.74, 6) is 0. The number of nitrogens with one attached hydrogen (secondary N) is 1.